The molecule has 3 nitrogen and oxygen atoms in total. The van der Waals surface area contributed by atoms with Crippen LogP contribution in [0.5, 0.6) is 0 Å². The molecule has 0 aliphatic heterocycles. The molecule has 1 heterocycles. The van der Waals surface area contributed by atoms with Crippen molar-refractivity contribution < 1.29 is 4.79 Å². The number of carbonyl (C=O) groups excluding carboxylic acids is 1. The molecule has 1 amide bonds. The van der Waals surface area contributed by atoms with Gasteiger partial charge in [-0.3, -0.25) is 4.79 Å². The average molecular weight is 266 g/mol. The molecule has 0 spiro atoms. The normalized spacial score (nSPS) is 14.7. The quantitative estimate of drug-likeness (QED) is 0.909. The van der Waals surface area contributed by atoms with Crippen LogP contribution in [0, 0.1) is 5.41 Å². The fourth-order valence-electron chi connectivity index (χ4n) is 2.40. The van der Waals surface area contributed by atoms with E-state index in [0.29, 0.717) is 13.1 Å². The summed E-state index contributed by atoms with van der Waals surface area (Å²) in [6.07, 6.45) is 3.52. The fraction of sp³-hybridized carbons (Fsp3) is 0.643. The highest BCUT2D eigenvalue weighted by Gasteiger charge is 2.24. The van der Waals surface area contributed by atoms with E-state index in [-0.39, 0.29) is 11.3 Å². The molecule has 0 atom stereocenters. The van der Waals surface area contributed by atoms with Gasteiger partial charge in [0.2, 0.25) is 0 Å². The van der Waals surface area contributed by atoms with Crippen molar-refractivity contribution in [2.75, 3.05) is 20.1 Å². The van der Waals surface area contributed by atoms with Gasteiger partial charge >= 0.3 is 0 Å². The zero-order valence-corrected chi connectivity index (χ0v) is 12.3. The van der Waals surface area contributed by atoms with Gasteiger partial charge in [-0.1, -0.05) is 13.8 Å². The van der Waals surface area contributed by atoms with E-state index in [4.69, 9.17) is 5.73 Å². The molecule has 1 aliphatic carbocycles. The van der Waals surface area contributed by atoms with Crippen molar-refractivity contribution in [1.82, 2.24) is 4.90 Å². The third-order valence-corrected chi connectivity index (χ3v) is 4.75. The van der Waals surface area contributed by atoms with Crippen molar-refractivity contribution in [2.24, 2.45) is 11.1 Å². The molecule has 1 aromatic rings. The number of fused-ring (bicyclic) bond motifs is 1. The summed E-state index contributed by atoms with van der Waals surface area (Å²) < 4.78 is 0. The van der Waals surface area contributed by atoms with Crippen molar-refractivity contribution >= 4 is 17.2 Å². The van der Waals surface area contributed by atoms with Crippen molar-refractivity contribution in [3.8, 4) is 0 Å². The van der Waals surface area contributed by atoms with E-state index in [2.05, 4.69) is 19.9 Å². The van der Waals surface area contributed by atoms with Gasteiger partial charge in [-0.25, -0.2) is 0 Å². The lowest BCUT2D eigenvalue weighted by Gasteiger charge is -2.28. The number of thiophene rings is 1. The Kier molecular flexibility index (Phi) is 3.78. The number of rotatable bonds is 4. The summed E-state index contributed by atoms with van der Waals surface area (Å²) in [6, 6.07) is 2.08. The Bertz CT molecular complexity index is 429. The molecule has 0 saturated heterocycles. The van der Waals surface area contributed by atoms with Crippen molar-refractivity contribution in [1.29, 1.82) is 0 Å². The SMILES string of the molecule is CN(CC(C)(C)CN)C(=O)c1cc2c(s1)CCC2. The van der Waals surface area contributed by atoms with Crippen molar-refractivity contribution in [2.45, 2.75) is 33.1 Å². The average Bonchev–Trinajstić information content (AvgIpc) is 2.87. The predicted octanol–water partition coefficient (Wildman–Crippen LogP) is 2.29. The summed E-state index contributed by atoms with van der Waals surface area (Å²) in [4.78, 5) is 16.4. The zero-order valence-electron chi connectivity index (χ0n) is 11.5. The molecule has 0 unspecified atom stereocenters. The van der Waals surface area contributed by atoms with Gasteiger partial charge in [0.1, 0.15) is 0 Å². The number of hydrogen-bond acceptors (Lipinski definition) is 3. The first-order chi connectivity index (χ1) is 8.43. The Balaban J connectivity index is 2.06. The van der Waals surface area contributed by atoms with E-state index in [1.54, 1.807) is 16.2 Å². The highest BCUT2D eigenvalue weighted by atomic mass is 32.1. The second kappa shape index (κ2) is 5.02. The van der Waals surface area contributed by atoms with Crippen LogP contribution in [0.3, 0.4) is 0 Å². The third-order valence-electron chi connectivity index (χ3n) is 3.52. The van der Waals surface area contributed by atoms with Gasteiger partial charge in [-0.2, -0.15) is 0 Å². The summed E-state index contributed by atoms with van der Waals surface area (Å²) in [7, 11) is 1.87. The maximum Gasteiger partial charge on any atom is 0.263 e. The molecule has 100 valence electrons. The lowest BCUT2D eigenvalue weighted by molar-refractivity contribution is 0.0745. The monoisotopic (exact) mass is 266 g/mol. The van der Waals surface area contributed by atoms with Crippen LogP contribution in [-0.4, -0.2) is 30.9 Å². The smallest absolute Gasteiger partial charge is 0.263 e. The molecule has 0 saturated carbocycles. The Morgan fingerprint density at radius 1 is 1.50 bits per heavy atom. The van der Waals surface area contributed by atoms with Gasteiger partial charge in [0.05, 0.1) is 4.88 Å². The number of nitrogens with two attached hydrogens (primary N) is 1. The van der Waals surface area contributed by atoms with Crippen LogP contribution >= 0.6 is 11.3 Å². The van der Waals surface area contributed by atoms with Crippen LogP contribution in [0.2, 0.25) is 0 Å². The summed E-state index contributed by atoms with van der Waals surface area (Å²) >= 11 is 1.67. The lowest BCUT2D eigenvalue weighted by Crippen LogP contribution is -2.39. The Hall–Kier alpha value is -0.870. The second-order valence-corrected chi connectivity index (χ2v) is 7.08. The molecule has 0 radical (unpaired) electrons. The summed E-state index contributed by atoms with van der Waals surface area (Å²) in [6.45, 7) is 5.47. The standard InChI is InChI=1S/C14H22N2OS/c1-14(2,8-15)9-16(3)13(17)12-7-10-5-4-6-11(10)18-12/h7H,4-6,8-9,15H2,1-3H3. The minimum absolute atomic E-state index is 0.0234. The topological polar surface area (TPSA) is 46.3 Å². The maximum absolute atomic E-state index is 12.3. The van der Waals surface area contributed by atoms with Gasteiger partial charge in [0, 0.05) is 18.5 Å². The minimum Gasteiger partial charge on any atom is -0.340 e. The van der Waals surface area contributed by atoms with Crippen LogP contribution in [0.4, 0.5) is 0 Å². The van der Waals surface area contributed by atoms with E-state index in [1.807, 2.05) is 7.05 Å². The summed E-state index contributed by atoms with van der Waals surface area (Å²) in [5, 5.41) is 0. The molecule has 1 aromatic heterocycles. The molecule has 2 rings (SSSR count). The Morgan fingerprint density at radius 3 is 2.83 bits per heavy atom. The number of amides is 1. The van der Waals surface area contributed by atoms with Gasteiger partial charge in [-0.05, 0) is 42.9 Å². The summed E-state index contributed by atoms with van der Waals surface area (Å²) in [5.74, 6) is 0.135. The lowest BCUT2D eigenvalue weighted by atomic mass is 9.93. The first-order valence-electron chi connectivity index (χ1n) is 6.50. The largest absolute Gasteiger partial charge is 0.340 e. The number of carbonyl (C=O) groups is 1. The molecule has 4 heteroatoms. The maximum atomic E-state index is 12.3. The Labute approximate surface area is 113 Å². The van der Waals surface area contributed by atoms with Crippen LogP contribution in [0.1, 0.15) is 40.4 Å². The van der Waals surface area contributed by atoms with Gasteiger partial charge < -0.3 is 10.6 Å². The van der Waals surface area contributed by atoms with E-state index >= 15 is 0 Å². The number of aryl methyl sites for hydroxylation is 2. The Morgan fingerprint density at radius 2 is 2.22 bits per heavy atom. The number of hydrogen-bond donors (Lipinski definition) is 1. The zero-order chi connectivity index (χ0) is 13.3. The fourth-order valence-corrected chi connectivity index (χ4v) is 3.65. The van der Waals surface area contributed by atoms with E-state index in [9.17, 15) is 4.79 Å². The van der Waals surface area contributed by atoms with Crippen LogP contribution in [0.15, 0.2) is 6.07 Å². The number of nitrogens with zero attached hydrogens (tertiary/aromatic N) is 1. The molecular formula is C14H22N2OS. The van der Waals surface area contributed by atoms with E-state index < -0.39 is 0 Å². The molecule has 0 bridgehead atoms. The summed E-state index contributed by atoms with van der Waals surface area (Å²) in [5.41, 5.74) is 7.08. The first kappa shape index (κ1) is 13.6. The minimum atomic E-state index is -0.0234. The van der Waals surface area contributed by atoms with Gasteiger partial charge in [0.15, 0.2) is 0 Å². The van der Waals surface area contributed by atoms with Crippen LogP contribution in [-0.2, 0) is 12.8 Å². The molecular weight excluding hydrogens is 244 g/mol. The predicted molar refractivity (Wildman–Crippen MR) is 76.1 cm³/mol. The molecule has 18 heavy (non-hydrogen) atoms. The molecule has 1 aliphatic rings. The van der Waals surface area contributed by atoms with E-state index in [0.717, 1.165) is 17.7 Å². The highest BCUT2D eigenvalue weighted by Crippen LogP contribution is 2.31. The van der Waals surface area contributed by atoms with Crippen LogP contribution < -0.4 is 5.73 Å². The molecule has 2 N–H and O–H groups in total. The second-order valence-electron chi connectivity index (χ2n) is 5.94. The molecule has 0 fully saturated rings. The highest BCUT2D eigenvalue weighted by molar-refractivity contribution is 7.14. The first-order valence-corrected chi connectivity index (χ1v) is 7.32. The van der Waals surface area contributed by atoms with Crippen molar-refractivity contribution in [3.63, 3.8) is 0 Å². The van der Waals surface area contributed by atoms with E-state index in [1.165, 1.54) is 16.9 Å². The van der Waals surface area contributed by atoms with Crippen LogP contribution in [0.25, 0.3) is 0 Å². The molecule has 0 aromatic carbocycles. The van der Waals surface area contributed by atoms with Gasteiger partial charge in [0.25, 0.3) is 5.91 Å². The van der Waals surface area contributed by atoms with Crippen molar-refractivity contribution in [3.05, 3.63) is 21.4 Å². The van der Waals surface area contributed by atoms with Gasteiger partial charge in [-0.15, -0.1) is 11.3 Å². The third kappa shape index (κ3) is 2.75.